The number of aryl methyl sites for hydroxylation is 1. The van der Waals surface area contributed by atoms with Crippen LogP contribution in [0.15, 0.2) is 62.0 Å². The summed E-state index contributed by atoms with van der Waals surface area (Å²) >= 11 is 4.54. The Labute approximate surface area is 175 Å². The number of para-hydroxylation sites is 1. The van der Waals surface area contributed by atoms with Crippen LogP contribution in [0.5, 0.6) is 5.75 Å². The predicted molar refractivity (Wildman–Crippen MR) is 113 cm³/mol. The number of benzene rings is 2. The number of nitrogens with one attached hydrogen (secondary N) is 1. The zero-order valence-corrected chi connectivity index (χ0v) is 18.1. The molecule has 2 aromatic rings. The number of thioether (sulfide) groups is 1. The van der Waals surface area contributed by atoms with E-state index in [0.717, 1.165) is 4.47 Å². The van der Waals surface area contributed by atoms with E-state index < -0.39 is 10.1 Å². The number of carbonyl (C=O) groups is 1. The molecule has 0 aliphatic carbocycles. The third kappa shape index (κ3) is 4.81. The maximum Gasteiger partial charge on any atom is 0.339 e. The van der Waals surface area contributed by atoms with E-state index in [9.17, 15) is 13.2 Å². The Balaban J connectivity index is 1.86. The van der Waals surface area contributed by atoms with E-state index in [1.807, 2.05) is 0 Å². The zero-order chi connectivity index (χ0) is 20.3. The molecule has 28 heavy (non-hydrogen) atoms. The van der Waals surface area contributed by atoms with Crippen molar-refractivity contribution in [1.82, 2.24) is 5.32 Å². The summed E-state index contributed by atoms with van der Waals surface area (Å²) in [4.78, 5) is 11.5. The van der Waals surface area contributed by atoms with E-state index >= 15 is 0 Å². The fraction of sp³-hybridized carbons (Fsp3) is 0.167. The number of carbonyl (C=O) groups excluding carboxylic acids is 1. The van der Waals surface area contributed by atoms with Crippen LogP contribution in [0.25, 0.3) is 0 Å². The summed E-state index contributed by atoms with van der Waals surface area (Å²) < 4.78 is 31.4. The van der Waals surface area contributed by atoms with Gasteiger partial charge in [-0.3, -0.25) is 4.79 Å². The van der Waals surface area contributed by atoms with Crippen molar-refractivity contribution >= 4 is 55.1 Å². The van der Waals surface area contributed by atoms with Crippen LogP contribution in [0.4, 0.5) is 0 Å². The summed E-state index contributed by atoms with van der Waals surface area (Å²) in [5.41, 5.74) is 1.09. The Kier molecular flexibility index (Phi) is 6.21. The van der Waals surface area contributed by atoms with Gasteiger partial charge in [0, 0.05) is 10.0 Å². The molecule has 0 bridgehead atoms. The molecule has 1 amide bonds. The highest BCUT2D eigenvalue weighted by atomic mass is 79.9. The Hall–Kier alpha value is -2.17. The fourth-order valence-electron chi connectivity index (χ4n) is 2.30. The van der Waals surface area contributed by atoms with Gasteiger partial charge in [-0.2, -0.15) is 13.5 Å². The molecule has 0 spiro atoms. The fourth-order valence-corrected chi connectivity index (χ4v) is 4.33. The highest BCUT2D eigenvalue weighted by molar-refractivity contribution is 9.10. The molecule has 1 aliphatic heterocycles. The third-order valence-corrected chi connectivity index (χ3v) is 6.51. The lowest BCUT2D eigenvalue weighted by Gasteiger charge is -2.11. The second-order valence-electron chi connectivity index (χ2n) is 5.88. The molecular weight excluding hydrogens is 466 g/mol. The van der Waals surface area contributed by atoms with Gasteiger partial charge in [-0.1, -0.05) is 39.8 Å². The summed E-state index contributed by atoms with van der Waals surface area (Å²) in [6.07, 6.45) is 1.39. The van der Waals surface area contributed by atoms with Gasteiger partial charge in [0.2, 0.25) is 5.91 Å². The smallest absolute Gasteiger partial charge is 0.339 e. The molecule has 1 heterocycles. The van der Waals surface area contributed by atoms with Gasteiger partial charge in [0.1, 0.15) is 4.90 Å². The molecular formula is C18H16BrN3O4S2. The topological polar surface area (TPSA) is 97.2 Å². The third-order valence-electron chi connectivity index (χ3n) is 3.77. The van der Waals surface area contributed by atoms with Gasteiger partial charge < -0.3 is 9.50 Å². The molecule has 146 valence electrons. The maximum atomic E-state index is 12.6. The monoisotopic (exact) mass is 481 g/mol. The van der Waals surface area contributed by atoms with Gasteiger partial charge in [-0.25, -0.2) is 0 Å². The van der Waals surface area contributed by atoms with Crippen molar-refractivity contribution in [3.63, 3.8) is 0 Å². The molecule has 0 aromatic heterocycles. The zero-order valence-electron chi connectivity index (χ0n) is 14.9. The van der Waals surface area contributed by atoms with Gasteiger partial charge >= 0.3 is 10.1 Å². The average Bonchev–Trinajstić information content (AvgIpc) is 2.96. The number of nitrogens with zero attached hydrogens (tertiary/aromatic N) is 2. The van der Waals surface area contributed by atoms with Crippen LogP contribution in [0.2, 0.25) is 0 Å². The molecule has 1 saturated heterocycles. The lowest BCUT2D eigenvalue weighted by molar-refractivity contribution is -0.118. The summed E-state index contributed by atoms with van der Waals surface area (Å²) in [6.45, 7) is 3.51. The number of rotatable bonds is 5. The minimum atomic E-state index is -4.01. The van der Waals surface area contributed by atoms with Gasteiger partial charge in [0.15, 0.2) is 10.9 Å². The lowest BCUT2D eigenvalue weighted by atomic mass is 10.1. The second-order valence-corrected chi connectivity index (χ2v) is 9.68. The Morgan fingerprint density at radius 1 is 1.21 bits per heavy atom. The van der Waals surface area contributed by atoms with Gasteiger partial charge in [-0.15, -0.1) is 5.10 Å². The van der Waals surface area contributed by atoms with Crippen LogP contribution in [0.1, 0.15) is 18.1 Å². The molecule has 7 nitrogen and oxygen atoms in total. The van der Waals surface area contributed by atoms with E-state index in [2.05, 4.69) is 31.4 Å². The SMILES string of the molecule is Cc1cccc(/C=N/N=C2/NC(=O)C(C)S2)c1OS(=O)(=O)c1ccc(Br)cc1. The first kappa shape index (κ1) is 20.6. The number of hydrogen-bond acceptors (Lipinski definition) is 7. The second kappa shape index (κ2) is 8.46. The first-order valence-corrected chi connectivity index (χ1v) is 11.2. The van der Waals surface area contributed by atoms with Crippen molar-refractivity contribution in [2.24, 2.45) is 10.2 Å². The van der Waals surface area contributed by atoms with Gasteiger partial charge in [0.05, 0.1) is 11.5 Å². The molecule has 1 unspecified atom stereocenters. The molecule has 1 N–H and O–H groups in total. The number of halogens is 1. The normalized spacial score (nSPS) is 18.6. The van der Waals surface area contributed by atoms with Crippen molar-refractivity contribution in [3.8, 4) is 5.75 Å². The van der Waals surface area contributed by atoms with Crippen molar-refractivity contribution in [2.45, 2.75) is 24.0 Å². The maximum absolute atomic E-state index is 12.6. The largest absolute Gasteiger partial charge is 0.378 e. The van der Waals surface area contributed by atoms with Crippen LogP contribution in [0.3, 0.4) is 0 Å². The van der Waals surface area contributed by atoms with Crippen molar-refractivity contribution in [1.29, 1.82) is 0 Å². The molecule has 1 atom stereocenters. The van der Waals surface area contributed by atoms with Crippen LogP contribution in [-0.4, -0.2) is 31.0 Å². The molecule has 0 radical (unpaired) electrons. The highest BCUT2D eigenvalue weighted by Crippen LogP contribution is 2.27. The first-order valence-electron chi connectivity index (χ1n) is 8.14. The quantitative estimate of drug-likeness (QED) is 0.400. The van der Waals surface area contributed by atoms with Crippen molar-refractivity contribution in [2.75, 3.05) is 0 Å². The van der Waals surface area contributed by atoms with E-state index in [1.165, 1.54) is 30.1 Å². The summed E-state index contributed by atoms with van der Waals surface area (Å²) in [7, 11) is -4.01. The number of hydrogen-bond donors (Lipinski definition) is 1. The van der Waals surface area contributed by atoms with Crippen molar-refractivity contribution in [3.05, 3.63) is 58.1 Å². The van der Waals surface area contributed by atoms with Crippen LogP contribution in [-0.2, 0) is 14.9 Å². The van der Waals surface area contributed by atoms with Crippen LogP contribution >= 0.6 is 27.7 Å². The molecule has 2 aromatic carbocycles. The Morgan fingerprint density at radius 2 is 1.93 bits per heavy atom. The van der Waals surface area contributed by atoms with E-state index in [0.29, 0.717) is 16.3 Å². The van der Waals surface area contributed by atoms with Crippen LogP contribution < -0.4 is 9.50 Å². The minimum absolute atomic E-state index is 0.0427. The Bertz CT molecular complexity index is 1070. The van der Waals surface area contributed by atoms with Gasteiger partial charge in [-0.05, 0) is 49.7 Å². The molecule has 10 heteroatoms. The molecule has 3 rings (SSSR count). The van der Waals surface area contributed by atoms with Crippen LogP contribution in [0, 0.1) is 6.92 Å². The van der Waals surface area contributed by atoms with Crippen molar-refractivity contribution < 1.29 is 17.4 Å². The van der Waals surface area contributed by atoms with E-state index in [4.69, 9.17) is 4.18 Å². The van der Waals surface area contributed by atoms with E-state index in [1.54, 1.807) is 44.2 Å². The van der Waals surface area contributed by atoms with Gasteiger partial charge in [0.25, 0.3) is 0 Å². The molecule has 1 fully saturated rings. The summed E-state index contributed by atoms with van der Waals surface area (Å²) in [6, 6.07) is 11.3. The summed E-state index contributed by atoms with van der Waals surface area (Å²) in [5.74, 6) is 0.0463. The summed E-state index contributed by atoms with van der Waals surface area (Å²) in [5, 5.41) is 10.7. The number of amidine groups is 1. The Morgan fingerprint density at radius 3 is 2.57 bits per heavy atom. The molecule has 0 saturated carbocycles. The van der Waals surface area contributed by atoms with E-state index in [-0.39, 0.29) is 21.8 Å². The molecule has 1 aliphatic rings. The number of amides is 1. The average molecular weight is 482 g/mol. The minimum Gasteiger partial charge on any atom is -0.378 e. The lowest BCUT2D eigenvalue weighted by Crippen LogP contribution is -2.23. The predicted octanol–water partition coefficient (Wildman–Crippen LogP) is 3.47. The highest BCUT2D eigenvalue weighted by Gasteiger charge is 2.25. The first-order chi connectivity index (χ1) is 13.3. The standard InChI is InChI=1S/C18H16BrN3O4S2/c1-11-4-3-5-13(10-20-22-18-21-17(23)12(2)27-18)16(11)26-28(24,25)15-8-6-14(19)7-9-15/h3-10,12H,1-2H3,(H,21,22,23)/b20-10+.